The number of aromatic nitrogens is 3. The molecule has 0 unspecified atom stereocenters. The third-order valence-corrected chi connectivity index (χ3v) is 7.06. The highest BCUT2D eigenvalue weighted by molar-refractivity contribution is 5.58. The second kappa shape index (κ2) is 11.0. The fourth-order valence-electron chi connectivity index (χ4n) is 4.96. The SMILES string of the molecule is CC1=C[C@@H](CNCc2ccncc2)[C@H](C(C)C)C[C@H]1Cc1nnc(-c2ccc(N(C)C)cc2)o1. The lowest BCUT2D eigenvalue weighted by Gasteiger charge is -2.37. The summed E-state index contributed by atoms with van der Waals surface area (Å²) in [5.74, 6) is 3.53. The van der Waals surface area contributed by atoms with E-state index in [2.05, 4.69) is 76.5 Å². The van der Waals surface area contributed by atoms with E-state index >= 15 is 0 Å². The predicted octanol–water partition coefficient (Wildman–Crippen LogP) is 5.38. The Bertz CT molecular complexity index is 1070. The lowest BCUT2D eigenvalue weighted by atomic mass is 9.70. The molecule has 180 valence electrons. The van der Waals surface area contributed by atoms with Crippen molar-refractivity contribution in [2.24, 2.45) is 23.7 Å². The highest BCUT2D eigenvalue weighted by Crippen LogP contribution is 2.39. The summed E-state index contributed by atoms with van der Waals surface area (Å²) in [5, 5.41) is 12.4. The Morgan fingerprint density at radius 1 is 1.06 bits per heavy atom. The molecule has 0 amide bonds. The van der Waals surface area contributed by atoms with E-state index in [9.17, 15) is 0 Å². The first-order valence-electron chi connectivity index (χ1n) is 12.3. The predicted molar refractivity (Wildman–Crippen MR) is 137 cm³/mol. The van der Waals surface area contributed by atoms with Gasteiger partial charge in [0.1, 0.15) is 0 Å². The van der Waals surface area contributed by atoms with Crippen LogP contribution in [0.25, 0.3) is 11.5 Å². The standard InChI is InChI=1S/C28H37N5O/c1-19(2)26-15-23(20(3)14-24(26)18-30-17-21-10-12-29-13-11-21)16-27-31-32-28(34-27)22-6-8-25(9-7-22)33(4)5/h6-14,19,23-24,26,30H,15-18H2,1-5H3/t23-,24-,26-/m0/s1. The van der Waals surface area contributed by atoms with Gasteiger partial charge < -0.3 is 14.6 Å². The quantitative estimate of drug-likeness (QED) is 0.433. The number of allylic oxidation sites excluding steroid dienone is 1. The summed E-state index contributed by atoms with van der Waals surface area (Å²) in [6.45, 7) is 8.81. The third-order valence-electron chi connectivity index (χ3n) is 7.06. The first kappa shape index (κ1) is 24.1. The molecular weight excluding hydrogens is 422 g/mol. The molecule has 6 heteroatoms. The third kappa shape index (κ3) is 5.92. The van der Waals surface area contributed by atoms with Gasteiger partial charge >= 0.3 is 0 Å². The molecule has 0 aliphatic heterocycles. The molecule has 2 heterocycles. The van der Waals surface area contributed by atoms with Crippen LogP contribution in [-0.2, 0) is 13.0 Å². The van der Waals surface area contributed by atoms with Crippen molar-refractivity contribution in [3.63, 3.8) is 0 Å². The average molecular weight is 460 g/mol. The summed E-state index contributed by atoms with van der Waals surface area (Å²) in [6, 6.07) is 12.4. The van der Waals surface area contributed by atoms with Gasteiger partial charge in [0.15, 0.2) is 0 Å². The molecule has 3 aromatic rings. The van der Waals surface area contributed by atoms with Gasteiger partial charge in [0.2, 0.25) is 11.8 Å². The molecule has 1 aliphatic rings. The first-order valence-corrected chi connectivity index (χ1v) is 12.3. The van der Waals surface area contributed by atoms with Crippen LogP contribution in [0.5, 0.6) is 0 Å². The first-order chi connectivity index (χ1) is 16.4. The van der Waals surface area contributed by atoms with Crippen LogP contribution >= 0.6 is 0 Å². The summed E-state index contributed by atoms with van der Waals surface area (Å²) >= 11 is 0. The van der Waals surface area contributed by atoms with E-state index in [-0.39, 0.29) is 0 Å². The van der Waals surface area contributed by atoms with Gasteiger partial charge in [-0.1, -0.05) is 25.5 Å². The van der Waals surface area contributed by atoms with Gasteiger partial charge in [-0.3, -0.25) is 4.98 Å². The van der Waals surface area contributed by atoms with E-state index in [4.69, 9.17) is 4.42 Å². The van der Waals surface area contributed by atoms with E-state index in [0.29, 0.717) is 29.6 Å². The molecule has 0 radical (unpaired) electrons. The maximum absolute atomic E-state index is 6.08. The number of nitrogens with zero attached hydrogens (tertiary/aromatic N) is 4. The van der Waals surface area contributed by atoms with Gasteiger partial charge in [-0.2, -0.15) is 0 Å². The van der Waals surface area contributed by atoms with Crippen molar-refractivity contribution >= 4 is 5.69 Å². The van der Waals surface area contributed by atoms with Gasteiger partial charge in [0, 0.05) is 57.3 Å². The second-order valence-electron chi connectivity index (χ2n) is 10.0. The summed E-state index contributed by atoms with van der Waals surface area (Å²) in [7, 11) is 4.07. The number of nitrogens with one attached hydrogen (secondary N) is 1. The van der Waals surface area contributed by atoms with Gasteiger partial charge in [0.25, 0.3) is 0 Å². The average Bonchev–Trinajstić information content (AvgIpc) is 3.30. The summed E-state index contributed by atoms with van der Waals surface area (Å²) in [4.78, 5) is 6.18. The van der Waals surface area contributed by atoms with Crippen LogP contribution in [0.4, 0.5) is 5.69 Å². The van der Waals surface area contributed by atoms with E-state index in [0.717, 1.165) is 43.1 Å². The van der Waals surface area contributed by atoms with Crippen LogP contribution in [0.15, 0.2) is 64.9 Å². The zero-order valence-corrected chi connectivity index (χ0v) is 21.0. The van der Waals surface area contributed by atoms with E-state index in [1.54, 1.807) is 0 Å². The lowest BCUT2D eigenvalue weighted by Crippen LogP contribution is -2.34. The van der Waals surface area contributed by atoms with Crippen LogP contribution in [0, 0.1) is 23.7 Å². The number of benzene rings is 1. The van der Waals surface area contributed by atoms with Gasteiger partial charge in [-0.25, -0.2) is 0 Å². The zero-order valence-electron chi connectivity index (χ0n) is 21.0. The monoisotopic (exact) mass is 459 g/mol. The van der Waals surface area contributed by atoms with Crippen molar-refractivity contribution in [2.75, 3.05) is 25.5 Å². The second-order valence-corrected chi connectivity index (χ2v) is 10.0. The maximum atomic E-state index is 6.08. The molecule has 1 aromatic carbocycles. The van der Waals surface area contributed by atoms with E-state index in [1.165, 1.54) is 11.1 Å². The van der Waals surface area contributed by atoms with E-state index < -0.39 is 0 Å². The number of anilines is 1. The molecule has 0 bridgehead atoms. The van der Waals surface area contributed by atoms with Gasteiger partial charge in [0.05, 0.1) is 0 Å². The molecule has 0 saturated heterocycles. The lowest BCUT2D eigenvalue weighted by molar-refractivity contribution is 0.218. The fourth-order valence-corrected chi connectivity index (χ4v) is 4.96. The largest absolute Gasteiger partial charge is 0.421 e. The number of hydrogen-bond donors (Lipinski definition) is 1. The van der Waals surface area contributed by atoms with Gasteiger partial charge in [-0.05, 0) is 79.0 Å². The normalized spacial score (nSPS) is 20.4. The molecule has 4 rings (SSSR count). The summed E-state index contributed by atoms with van der Waals surface area (Å²) in [5.41, 5.74) is 4.81. The minimum Gasteiger partial charge on any atom is -0.421 e. The number of hydrogen-bond acceptors (Lipinski definition) is 6. The molecule has 34 heavy (non-hydrogen) atoms. The van der Waals surface area contributed by atoms with Crippen molar-refractivity contribution in [2.45, 2.75) is 40.2 Å². The van der Waals surface area contributed by atoms with Crippen molar-refractivity contribution in [3.8, 4) is 11.5 Å². The van der Waals surface area contributed by atoms with Crippen LogP contribution in [0.3, 0.4) is 0 Å². The van der Waals surface area contributed by atoms with Crippen LogP contribution in [0.2, 0.25) is 0 Å². The smallest absolute Gasteiger partial charge is 0.247 e. The van der Waals surface area contributed by atoms with Crippen molar-refractivity contribution in [1.82, 2.24) is 20.5 Å². The minimum absolute atomic E-state index is 0.438. The Morgan fingerprint density at radius 2 is 1.79 bits per heavy atom. The van der Waals surface area contributed by atoms with Crippen LogP contribution in [-0.4, -0.2) is 35.8 Å². The number of rotatable bonds is 9. The molecule has 2 aromatic heterocycles. The Balaban J connectivity index is 1.40. The van der Waals surface area contributed by atoms with E-state index in [1.807, 2.05) is 38.6 Å². The highest BCUT2D eigenvalue weighted by Gasteiger charge is 2.32. The maximum Gasteiger partial charge on any atom is 0.247 e. The molecule has 0 spiro atoms. The van der Waals surface area contributed by atoms with Gasteiger partial charge in [-0.15, -0.1) is 10.2 Å². The van der Waals surface area contributed by atoms with Crippen LogP contribution in [0.1, 0.15) is 38.6 Å². The van der Waals surface area contributed by atoms with Crippen molar-refractivity contribution in [1.29, 1.82) is 0 Å². The Hall–Kier alpha value is -2.99. The summed E-state index contributed by atoms with van der Waals surface area (Å²) < 4.78 is 6.08. The van der Waals surface area contributed by atoms with Crippen molar-refractivity contribution < 1.29 is 4.42 Å². The topological polar surface area (TPSA) is 67.1 Å². The Morgan fingerprint density at radius 3 is 2.47 bits per heavy atom. The minimum atomic E-state index is 0.438. The molecule has 1 aliphatic carbocycles. The fraction of sp³-hybridized carbons (Fsp3) is 0.464. The molecule has 0 fully saturated rings. The molecule has 6 nitrogen and oxygen atoms in total. The zero-order chi connectivity index (χ0) is 24.1. The Kier molecular flexibility index (Phi) is 7.78. The molecule has 3 atom stereocenters. The van der Waals surface area contributed by atoms with Crippen molar-refractivity contribution in [3.05, 3.63) is 71.9 Å². The Labute approximate surface area is 203 Å². The molecule has 1 N–H and O–H groups in total. The highest BCUT2D eigenvalue weighted by atomic mass is 16.4. The van der Waals surface area contributed by atoms with Crippen LogP contribution < -0.4 is 10.2 Å². The number of pyridine rings is 1. The molecular formula is C28H37N5O. The summed E-state index contributed by atoms with van der Waals surface area (Å²) in [6.07, 6.45) is 8.13. The molecule has 0 saturated carbocycles.